The monoisotopic (exact) mass is 283 g/mol. The van der Waals surface area contributed by atoms with Gasteiger partial charge in [0.1, 0.15) is 0 Å². The molecule has 4 nitrogen and oxygen atoms in total. The van der Waals surface area contributed by atoms with Gasteiger partial charge >= 0.3 is 0 Å². The highest BCUT2D eigenvalue weighted by Gasteiger charge is 2.24. The standard InChI is InChI=1S/C16H33N3O/c1-13(2)15(17)9-12-18(4)14(3)16(20)19-10-7-5-6-8-11-19/h13-15H,5-12,17H2,1-4H3. The van der Waals surface area contributed by atoms with Crippen LogP contribution in [0.4, 0.5) is 0 Å². The highest BCUT2D eigenvalue weighted by Crippen LogP contribution is 2.13. The van der Waals surface area contributed by atoms with E-state index in [1.807, 2.05) is 14.0 Å². The van der Waals surface area contributed by atoms with E-state index in [9.17, 15) is 4.79 Å². The summed E-state index contributed by atoms with van der Waals surface area (Å²) in [5.41, 5.74) is 6.08. The highest BCUT2D eigenvalue weighted by atomic mass is 16.2. The molecule has 1 heterocycles. The molecule has 0 bridgehead atoms. The van der Waals surface area contributed by atoms with E-state index in [0.29, 0.717) is 5.92 Å². The summed E-state index contributed by atoms with van der Waals surface area (Å²) in [5, 5.41) is 0. The van der Waals surface area contributed by atoms with Crippen LogP contribution in [0.3, 0.4) is 0 Å². The molecule has 118 valence electrons. The third kappa shape index (κ3) is 5.41. The van der Waals surface area contributed by atoms with Crippen LogP contribution in [0.25, 0.3) is 0 Å². The molecule has 1 aliphatic heterocycles. The molecule has 0 aromatic rings. The number of rotatable bonds is 6. The maximum atomic E-state index is 12.5. The quantitative estimate of drug-likeness (QED) is 0.812. The molecule has 1 saturated heterocycles. The van der Waals surface area contributed by atoms with E-state index in [2.05, 4.69) is 23.6 Å². The molecule has 2 N–H and O–H groups in total. The number of hydrogen-bond donors (Lipinski definition) is 1. The van der Waals surface area contributed by atoms with Crippen molar-refractivity contribution in [2.45, 2.75) is 65.0 Å². The molecule has 0 aromatic heterocycles. The van der Waals surface area contributed by atoms with E-state index < -0.39 is 0 Å². The van der Waals surface area contributed by atoms with Crippen LogP contribution in [0.1, 0.15) is 52.9 Å². The average molecular weight is 283 g/mol. The zero-order chi connectivity index (χ0) is 15.1. The van der Waals surface area contributed by atoms with Gasteiger partial charge in [0.15, 0.2) is 0 Å². The molecule has 1 aliphatic rings. The molecular weight excluding hydrogens is 250 g/mol. The Labute approximate surface area is 124 Å². The predicted octanol–water partition coefficient (Wildman–Crippen LogP) is 2.08. The van der Waals surface area contributed by atoms with Crippen molar-refractivity contribution in [1.82, 2.24) is 9.80 Å². The van der Waals surface area contributed by atoms with Gasteiger partial charge in [-0.25, -0.2) is 0 Å². The second-order valence-corrected chi connectivity index (χ2v) is 6.59. The minimum Gasteiger partial charge on any atom is -0.341 e. The first kappa shape index (κ1) is 17.4. The lowest BCUT2D eigenvalue weighted by Crippen LogP contribution is -2.47. The zero-order valence-corrected chi connectivity index (χ0v) is 13.8. The Morgan fingerprint density at radius 3 is 2.20 bits per heavy atom. The van der Waals surface area contributed by atoms with Gasteiger partial charge in [-0.15, -0.1) is 0 Å². The molecule has 0 aliphatic carbocycles. The molecular formula is C16H33N3O. The summed E-state index contributed by atoms with van der Waals surface area (Å²) in [7, 11) is 2.04. The second kappa shape index (κ2) is 8.63. The number of hydrogen-bond acceptors (Lipinski definition) is 3. The van der Waals surface area contributed by atoms with Gasteiger partial charge in [-0.3, -0.25) is 9.69 Å². The Hall–Kier alpha value is -0.610. The maximum Gasteiger partial charge on any atom is 0.239 e. The third-order valence-corrected chi connectivity index (χ3v) is 4.61. The van der Waals surface area contributed by atoms with Gasteiger partial charge in [-0.2, -0.15) is 0 Å². The lowest BCUT2D eigenvalue weighted by Gasteiger charge is -2.30. The van der Waals surface area contributed by atoms with E-state index in [0.717, 1.165) is 38.9 Å². The van der Waals surface area contributed by atoms with E-state index in [-0.39, 0.29) is 18.0 Å². The van der Waals surface area contributed by atoms with E-state index >= 15 is 0 Å². The summed E-state index contributed by atoms with van der Waals surface area (Å²) in [6.45, 7) is 9.08. The minimum atomic E-state index is -0.0348. The van der Waals surface area contributed by atoms with E-state index in [1.54, 1.807) is 0 Å². The number of likely N-dealkylation sites (N-methyl/N-ethyl adjacent to an activating group) is 1. The number of nitrogens with two attached hydrogens (primary N) is 1. The SMILES string of the molecule is CC(C)C(N)CCN(C)C(C)C(=O)N1CCCCCC1. The zero-order valence-electron chi connectivity index (χ0n) is 13.8. The van der Waals surface area contributed by atoms with Gasteiger partial charge in [0.05, 0.1) is 6.04 Å². The smallest absolute Gasteiger partial charge is 0.239 e. The molecule has 1 fully saturated rings. The van der Waals surface area contributed by atoms with Crippen LogP contribution in [0.2, 0.25) is 0 Å². The number of carbonyl (C=O) groups excluding carboxylic acids is 1. The summed E-state index contributed by atoms with van der Waals surface area (Å²) in [6.07, 6.45) is 5.78. The fraction of sp³-hybridized carbons (Fsp3) is 0.938. The first-order valence-corrected chi connectivity index (χ1v) is 8.18. The molecule has 1 rings (SSSR count). The Bertz CT molecular complexity index is 285. The van der Waals surface area contributed by atoms with Crippen LogP contribution in [0, 0.1) is 5.92 Å². The molecule has 4 heteroatoms. The van der Waals surface area contributed by atoms with Gasteiger partial charge in [0, 0.05) is 25.7 Å². The molecule has 0 saturated carbocycles. The summed E-state index contributed by atoms with van der Waals surface area (Å²) in [5.74, 6) is 0.785. The fourth-order valence-corrected chi connectivity index (χ4v) is 2.62. The number of carbonyl (C=O) groups is 1. The van der Waals surface area contributed by atoms with Gasteiger partial charge in [-0.05, 0) is 39.2 Å². The van der Waals surface area contributed by atoms with Crippen molar-refractivity contribution in [1.29, 1.82) is 0 Å². The van der Waals surface area contributed by atoms with Gasteiger partial charge in [-0.1, -0.05) is 26.7 Å². The Balaban J connectivity index is 2.42. The molecule has 2 unspecified atom stereocenters. The lowest BCUT2D eigenvalue weighted by atomic mass is 10.0. The fourth-order valence-electron chi connectivity index (χ4n) is 2.62. The molecule has 1 amide bonds. The summed E-state index contributed by atoms with van der Waals surface area (Å²) >= 11 is 0. The first-order chi connectivity index (χ1) is 9.43. The lowest BCUT2D eigenvalue weighted by molar-refractivity contribution is -0.135. The number of likely N-dealkylation sites (tertiary alicyclic amines) is 1. The summed E-state index contributed by atoms with van der Waals surface area (Å²) < 4.78 is 0. The van der Waals surface area contributed by atoms with Crippen LogP contribution < -0.4 is 5.73 Å². The Kier molecular flexibility index (Phi) is 7.52. The van der Waals surface area contributed by atoms with Crippen LogP contribution >= 0.6 is 0 Å². The summed E-state index contributed by atoms with van der Waals surface area (Å²) in [4.78, 5) is 16.7. The topological polar surface area (TPSA) is 49.6 Å². The third-order valence-electron chi connectivity index (χ3n) is 4.61. The van der Waals surface area contributed by atoms with Crippen molar-refractivity contribution in [3.63, 3.8) is 0 Å². The number of amides is 1. The molecule has 20 heavy (non-hydrogen) atoms. The van der Waals surface area contributed by atoms with Crippen molar-refractivity contribution in [2.24, 2.45) is 11.7 Å². The van der Waals surface area contributed by atoms with Crippen molar-refractivity contribution in [3.8, 4) is 0 Å². The first-order valence-electron chi connectivity index (χ1n) is 8.18. The van der Waals surface area contributed by atoms with E-state index in [1.165, 1.54) is 12.8 Å². The maximum absolute atomic E-state index is 12.5. The van der Waals surface area contributed by atoms with Gasteiger partial charge in [0.25, 0.3) is 0 Å². The van der Waals surface area contributed by atoms with Crippen LogP contribution in [-0.4, -0.2) is 54.5 Å². The molecule has 2 atom stereocenters. The van der Waals surface area contributed by atoms with Gasteiger partial charge in [0.2, 0.25) is 5.91 Å². The summed E-state index contributed by atoms with van der Waals surface area (Å²) in [6, 6.07) is 0.186. The van der Waals surface area contributed by atoms with Crippen molar-refractivity contribution >= 4 is 5.91 Å². The van der Waals surface area contributed by atoms with Gasteiger partial charge < -0.3 is 10.6 Å². The highest BCUT2D eigenvalue weighted by molar-refractivity contribution is 5.81. The normalized spacial score (nSPS) is 20.1. The minimum absolute atomic E-state index is 0.0348. The Morgan fingerprint density at radius 2 is 1.70 bits per heavy atom. The predicted molar refractivity (Wildman–Crippen MR) is 84.6 cm³/mol. The second-order valence-electron chi connectivity index (χ2n) is 6.59. The average Bonchev–Trinajstić information content (AvgIpc) is 2.71. The largest absolute Gasteiger partial charge is 0.341 e. The molecule has 0 aromatic carbocycles. The van der Waals surface area contributed by atoms with Crippen LogP contribution in [-0.2, 0) is 4.79 Å². The molecule has 0 radical (unpaired) electrons. The number of nitrogens with zero attached hydrogens (tertiary/aromatic N) is 2. The van der Waals surface area contributed by atoms with Crippen molar-refractivity contribution < 1.29 is 4.79 Å². The van der Waals surface area contributed by atoms with Crippen LogP contribution in [0.5, 0.6) is 0 Å². The molecule has 0 spiro atoms. The van der Waals surface area contributed by atoms with Crippen molar-refractivity contribution in [3.05, 3.63) is 0 Å². The van der Waals surface area contributed by atoms with Crippen LogP contribution in [0.15, 0.2) is 0 Å². The van der Waals surface area contributed by atoms with E-state index in [4.69, 9.17) is 5.73 Å². The van der Waals surface area contributed by atoms with Crippen molar-refractivity contribution in [2.75, 3.05) is 26.7 Å². The Morgan fingerprint density at radius 1 is 1.15 bits per heavy atom.